The van der Waals surface area contributed by atoms with E-state index in [1.54, 1.807) is 19.9 Å². The highest BCUT2D eigenvalue weighted by molar-refractivity contribution is 5.95. The Labute approximate surface area is 123 Å². The molecular formula is C16H18N2O3. The maximum Gasteiger partial charge on any atom is 0.338 e. The Morgan fingerprint density at radius 1 is 1.29 bits per heavy atom. The van der Waals surface area contributed by atoms with Crippen LogP contribution in [0.3, 0.4) is 0 Å². The number of hydrogen-bond donors (Lipinski definition) is 2. The van der Waals surface area contributed by atoms with E-state index in [9.17, 15) is 9.59 Å². The summed E-state index contributed by atoms with van der Waals surface area (Å²) in [7, 11) is 0. The van der Waals surface area contributed by atoms with Crippen LogP contribution in [0.2, 0.25) is 0 Å². The summed E-state index contributed by atoms with van der Waals surface area (Å²) >= 11 is 0. The number of carbonyl (C=O) groups excluding carboxylic acids is 2. The van der Waals surface area contributed by atoms with Crippen LogP contribution < -0.4 is 10.6 Å². The summed E-state index contributed by atoms with van der Waals surface area (Å²) in [6, 6.07) is 8.92. The second-order valence-electron chi connectivity index (χ2n) is 4.61. The SMILES string of the molecule is CCOC(=O)C1=C(/C=C/c2ccccc2)NC(=O)N[C@H]1C. The van der Waals surface area contributed by atoms with Gasteiger partial charge in [-0.1, -0.05) is 36.4 Å². The van der Waals surface area contributed by atoms with Crippen molar-refractivity contribution >= 4 is 18.1 Å². The van der Waals surface area contributed by atoms with Crippen LogP contribution >= 0.6 is 0 Å². The van der Waals surface area contributed by atoms with Gasteiger partial charge in [0, 0.05) is 0 Å². The number of nitrogens with one attached hydrogen (secondary N) is 2. The van der Waals surface area contributed by atoms with E-state index in [0.717, 1.165) is 5.56 Å². The number of esters is 1. The molecule has 1 atom stereocenters. The van der Waals surface area contributed by atoms with Gasteiger partial charge in [0.2, 0.25) is 0 Å². The number of rotatable bonds is 4. The first-order valence-electron chi connectivity index (χ1n) is 6.83. The Hall–Kier alpha value is -2.56. The van der Waals surface area contributed by atoms with E-state index in [1.165, 1.54) is 0 Å². The monoisotopic (exact) mass is 286 g/mol. The molecule has 0 spiro atoms. The highest BCUT2D eigenvalue weighted by Gasteiger charge is 2.28. The average Bonchev–Trinajstić information content (AvgIpc) is 2.45. The van der Waals surface area contributed by atoms with Crippen LogP contribution in [0, 0.1) is 0 Å². The maximum atomic E-state index is 12.0. The van der Waals surface area contributed by atoms with Crippen molar-refractivity contribution in [3.05, 3.63) is 53.2 Å². The first-order chi connectivity index (χ1) is 10.1. The predicted octanol–water partition coefficient (Wildman–Crippen LogP) is 2.22. The lowest BCUT2D eigenvalue weighted by Gasteiger charge is -2.25. The summed E-state index contributed by atoms with van der Waals surface area (Å²) in [6.07, 6.45) is 3.56. The number of urea groups is 1. The summed E-state index contributed by atoms with van der Waals surface area (Å²) in [5, 5.41) is 5.30. The van der Waals surface area contributed by atoms with E-state index in [-0.39, 0.29) is 6.03 Å². The Morgan fingerprint density at radius 3 is 2.67 bits per heavy atom. The van der Waals surface area contributed by atoms with Gasteiger partial charge in [-0.2, -0.15) is 0 Å². The third-order valence-electron chi connectivity index (χ3n) is 3.06. The molecule has 1 aliphatic heterocycles. The van der Waals surface area contributed by atoms with E-state index in [1.807, 2.05) is 36.4 Å². The minimum Gasteiger partial charge on any atom is -0.463 e. The maximum absolute atomic E-state index is 12.0. The molecule has 1 aromatic carbocycles. The minimum absolute atomic E-state index is 0.290. The van der Waals surface area contributed by atoms with Gasteiger partial charge in [0.15, 0.2) is 0 Å². The molecule has 1 heterocycles. The fourth-order valence-electron chi connectivity index (χ4n) is 2.10. The number of ether oxygens (including phenoxy) is 1. The first-order valence-corrected chi connectivity index (χ1v) is 6.83. The zero-order valence-corrected chi connectivity index (χ0v) is 12.1. The van der Waals surface area contributed by atoms with Crippen molar-refractivity contribution in [2.75, 3.05) is 6.61 Å². The molecule has 0 aromatic heterocycles. The van der Waals surface area contributed by atoms with Crippen LogP contribution in [0.5, 0.6) is 0 Å². The zero-order valence-electron chi connectivity index (χ0n) is 12.1. The third-order valence-corrected chi connectivity index (χ3v) is 3.06. The van der Waals surface area contributed by atoms with Crippen molar-refractivity contribution in [2.45, 2.75) is 19.9 Å². The van der Waals surface area contributed by atoms with Crippen LogP contribution in [-0.4, -0.2) is 24.6 Å². The standard InChI is InChI=1S/C16H18N2O3/c1-3-21-15(19)14-11(2)17-16(20)18-13(14)10-9-12-7-5-4-6-8-12/h4-11H,3H2,1-2H3,(H2,17,18,20)/b10-9+/t11-/m0/s1. The third kappa shape index (κ3) is 3.72. The van der Waals surface area contributed by atoms with Crippen molar-refractivity contribution in [3.8, 4) is 0 Å². The molecule has 21 heavy (non-hydrogen) atoms. The summed E-state index contributed by atoms with van der Waals surface area (Å²) in [5.74, 6) is -0.426. The van der Waals surface area contributed by atoms with Crippen LogP contribution in [0.4, 0.5) is 4.79 Å². The van der Waals surface area contributed by atoms with Crippen molar-refractivity contribution in [1.29, 1.82) is 0 Å². The lowest BCUT2D eigenvalue weighted by molar-refractivity contribution is -0.138. The van der Waals surface area contributed by atoms with Crippen molar-refractivity contribution < 1.29 is 14.3 Å². The van der Waals surface area contributed by atoms with Gasteiger partial charge in [0.1, 0.15) is 0 Å². The van der Waals surface area contributed by atoms with Crippen LogP contribution in [-0.2, 0) is 9.53 Å². The van der Waals surface area contributed by atoms with Crippen molar-refractivity contribution in [3.63, 3.8) is 0 Å². The quantitative estimate of drug-likeness (QED) is 0.834. The van der Waals surface area contributed by atoms with Crippen LogP contribution in [0.15, 0.2) is 47.7 Å². The molecule has 2 N–H and O–H groups in total. The first kappa shape index (κ1) is 14.8. The second-order valence-corrected chi connectivity index (χ2v) is 4.61. The minimum atomic E-state index is -0.426. The molecule has 0 fully saturated rings. The molecule has 0 radical (unpaired) electrons. The number of carbonyl (C=O) groups is 2. The molecule has 5 heteroatoms. The van der Waals surface area contributed by atoms with Crippen LogP contribution in [0.1, 0.15) is 19.4 Å². The van der Waals surface area contributed by atoms with E-state index < -0.39 is 12.0 Å². The van der Waals surface area contributed by atoms with Gasteiger partial charge in [0.05, 0.1) is 23.9 Å². The van der Waals surface area contributed by atoms with Gasteiger partial charge < -0.3 is 15.4 Å². The Morgan fingerprint density at radius 2 is 2.00 bits per heavy atom. The molecule has 0 saturated heterocycles. The molecule has 0 unspecified atom stereocenters. The Kier molecular flexibility index (Phi) is 4.77. The van der Waals surface area contributed by atoms with E-state index in [0.29, 0.717) is 17.9 Å². The van der Waals surface area contributed by atoms with E-state index in [2.05, 4.69) is 10.6 Å². The van der Waals surface area contributed by atoms with Gasteiger partial charge >= 0.3 is 12.0 Å². The van der Waals surface area contributed by atoms with Gasteiger partial charge in [0.25, 0.3) is 0 Å². The lowest BCUT2D eigenvalue weighted by atomic mass is 10.0. The van der Waals surface area contributed by atoms with Crippen molar-refractivity contribution in [1.82, 2.24) is 10.6 Å². The smallest absolute Gasteiger partial charge is 0.338 e. The Bertz CT molecular complexity index is 591. The van der Waals surface area contributed by atoms with Gasteiger partial charge in [-0.3, -0.25) is 0 Å². The zero-order chi connectivity index (χ0) is 15.2. The number of hydrogen-bond acceptors (Lipinski definition) is 3. The second kappa shape index (κ2) is 6.74. The normalized spacial score (nSPS) is 18.4. The fraction of sp³-hybridized carbons (Fsp3) is 0.250. The molecule has 1 aliphatic rings. The molecular weight excluding hydrogens is 268 g/mol. The van der Waals surface area contributed by atoms with E-state index in [4.69, 9.17) is 4.74 Å². The number of benzene rings is 1. The molecule has 5 nitrogen and oxygen atoms in total. The molecule has 1 aromatic rings. The largest absolute Gasteiger partial charge is 0.463 e. The summed E-state index contributed by atoms with van der Waals surface area (Å²) in [5.41, 5.74) is 1.87. The molecule has 110 valence electrons. The highest BCUT2D eigenvalue weighted by Crippen LogP contribution is 2.16. The molecule has 2 amide bonds. The van der Waals surface area contributed by atoms with Crippen molar-refractivity contribution in [2.24, 2.45) is 0 Å². The average molecular weight is 286 g/mol. The van der Waals surface area contributed by atoms with Gasteiger partial charge in [-0.05, 0) is 25.5 Å². The van der Waals surface area contributed by atoms with Gasteiger partial charge in [-0.25, -0.2) is 9.59 Å². The lowest BCUT2D eigenvalue weighted by Crippen LogP contribution is -2.48. The fourth-order valence-corrected chi connectivity index (χ4v) is 2.10. The van der Waals surface area contributed by atoms with Gasteiger partial charge in [-0.15, -0.1) is 0 Å². The summed E-state index contributed by atoms with van der Waals surface area (Å²) < 4.78 is 5.05. The topological polar surface area (TPSA) is 67.4 Å². The van der Waals surface area contributed by atoms with E-state index >= 15 is 0 Å². The molecule has 0 saturated carbocycles. The molecule has 0 bridgehead atoms. The summed E-state index contributed by atoms with van der Waals surface area (Å²) in [6.45, 7) is 3.79. The van der Waals surface area contributed by atoms with Crippen LogP contribution in [0.25, 0.3) is 6.08 Å². The predicted molar refractivity (Wildman–Crippen MR) is 80.3 cm³/mol. The molecule has 2 rings (SSSR count). The summed E-state index contributed by atoms with van der Waals surface area (Å²) in [4.78, 5) is 23.6. The highest BCUT2D eigenvalue weighted by atomic mass is 16.5. The molecule has 0 aliphatic carbocycles. The number of allylic oxidation sites excluding steroid dienone is 1. The number of amides is 2. The Balaban J connectivity index is 2.33.